The van der Waals surface area contributed by atoms with Gasteiger partial charge in [0, 0.05) is 29.5 Å². The van der Waals surface area contributed by atoms with Crippen LogP contribution in [-0.4, -0.2) is 26.3 Å². The first-order valence-electron chi connectivity index (χ1n) is 7.71. The van der Waals surface area contributed by atoms with Gasteiger partial charge in [0.2, 0.25) is 0 Å². The monoisotopic (exact) mass is 325 g/mol. The summed E-state index contributed by atoms with van der Waals surface area (Å²) in [7, 11) is 0. The maximum Gasteiger partial charge on any atom is 0.133 e. The molecule has 0 spiro atoms. The Morgan fingerprint density at radius 1 is 1.17 bits per heavy atom. The van der Waals surface area contributed by atoms with Gasteiger partial charge >= 0.3 is 0 Å². The van der Waals surface area contributed by atoms with E-state index in [9.17, 15) is 0 Å². The van der Waals surface area contributed by atoms with Crippen LogP contribution in [0.1, 0.15) is 18.4 Å². The van der Waals surface area contributed by atoms with Crippen molar-refractivity contribution in [2.45, 2.75) is 19.3 Å². The molecule has 0 radical (unpaired) electrons. The number of nitrogens with one attached hydrogen (secondary N) is 1. The van der Waals surface area contributed by atoms with Crippen molar-refractivity contribution in [1.82, 2.24) is 19.7 Å². The van der Waals surface area contributed by atoms with Crippen LogP contribution in [0.25, 0.3) is 17.1 Å². The Labute approximate surface area is 139 Å². The first kappa shape index (κ1) is 14.2. The van der Waals surface area contributed by atoms with E-state index in [0.717, 1.165) is 48.7 Å². The Morgan fingerprint density at radius 3 is 2.96 bits per heavy atom. The van der Waals surface area contributed by atoms with Gasteiger partial charge in [0.25, 0.3) is 0 Å². The van der Waals surface area contributed by atoms with Crippen molar-refractivity contribution in [3.05, 3.63) is 53.4 Å². The zero-order chi connectivity index (χ0) is 15.6. The lowest BCUT2D eigenvalue weighted by Crippen LogP contribution is -2.07. The van der Waals surface area contributed by atoms with E-state index in [1.54, 1.807) is 18.6 Å². The van der Waals surface area contributed by atoms with Gasteiger partial charge in [0.05, 0.1) is 11.9 Å². The van der Waals surface area contributed by atoms with Gasteiger partial charge in [0.1, 0.15) is 17.2 Å². The predicted molar refractivity (Wildman–Crippen MR) is 91.0 cm³/mol. The standard InChI is InChI=1S/C17H16ClN5/c18-12-4-3-5-13(10-12)23-17-14(6-1-2-7-21-17)16(22-23)15-11-19-8-9-20-15/h3-5,8-11,21H,1-2,6-7H2. The average Bonchev–Trinajstić information content (AvgIpc) is 2.77. The molecule has 0 aliphatic carbocycles. The van der Waals surface area contributed by atoms with Gasteiger partial charge in [0.15, 0.2) is 0 Å². The van der Waals surface area contributed by atoms with E-state index in [4.69, 9.17) is 16.7 Å². The van der Waals surface area contributed by atoms with Gasteiger partial charge < -0.3 is 5.32 Å². The molecule has 1 aliphatic rings. The van der Waals surface area contributed by atoms with Crippen LogP contribution >= 0.6 is 11.6 Å². The maximum atomic E-state index is 6.15. The lowest BCUT2D eigenvalue weighted by molar-refractivity contribution is 0.779. The van der Waals surface area contributed by atoms with E-state index < -0.39 is 0 Å². The lowest BCUT2D eigenvalue weighted by Gasteiger charge is -2.09. The first-order chi connectivity index (χ1) is 11.3. The van der Waals surface area contributed by atoms with Crippen molar-refractivity contribution in [2.75, 3.05) is 11.9 Å². The molecule has 5 nitrogen and oxygen atoms in total. The van der Waals surface area contributed by atoms with Crippen LogP contribution in [0.15, 0.2) is 42.9 Å². The summed E-state index contributed by atoms with van der Waals surface area (Å²) in [5, 5.41) is 9.01. The van der Waals surface area contributed by atoms with E-state index in [0.29, 0.717) is 5.02 Å². The highest BCUT2D eigenvalue weighted by atomic mass is 35.5. The number of nitrogens with zero attached hydrogens (tertiary/aromatic N) is 4. The Balaban J connectivity index is 1.92. The second kappa shape index (κ2) is 6.01. The molecular weight excluding hydrogens is 310 g/mol. The average molecular weight is 326 g/mol. The normalized spacial score (nSPS) is 14.0. The summed E-state index contributed by atoms with van der Waals surface area (Å²) in [4.78, 5) is 8.60. The fourth-order valence-corrected chi connectivity index (χ4v) is 3.11. The number of benzene rings is 1. The molecule has 0 saturated heterocycles. The van der Waals surface area contributed by atoms with Gasteiger partial charge in [-0.3, -0.25) is 9.97 Å². The summed E-state index contributed by atoms with van der Waals surface area (Å²) >= 11 is 6.15. The van der Waals surface area contributed by atoms with Crippen LogP contribution in [0.5, 0.6) is 0 Å². The van der Waals surface area contributed by atoms with Gasteiger partial charge in [-0.05, 0) is 37.5 Å². The first-order valence-corrected chi connectivity index (χ1v) is 8.09. The van der Waals surface area contributed by atoms with Crippen LogP contribution in [0, 0.1) is 0 Å². The molecule has 0 bridgehead atoms. The molecule has 3 aromatic rings. The number of fused-ring (bicyclic) bond motifs is 1. The Morgan fingerprint density at radius 2 is 2.13 bits per heavy atom. The third-order valence-electron chi connectivity index (χ3n) is 3.99. The molecule has 0 amide bonds. The third kappa shape index (κ3) is 2.68. The molecular formula is C17H16ClN5. The molecule has 116 valence electrons. The highest BCUT2D eigenvalue weighted by molar-refractivity contribution is 6.30. The number of halogens is 1. The SMILES string of the molecule is Clc1cccc(-n2nc(-c3cnccn3)c3c2NCCCC3)c1. The van der Waals surface area contributed by atoms with Gasteiger partial charge in [-0.2, -0.15) is 5.10 Å². The van der Waals surface area contributed by atoms with Crippen LogP contribution in [0.2, 0.25) is 5.02 Å². The van der Waals surface area contributed by atoms with Crippen LogP contribution in [-0.2, 0) is 6.42 Å². The van der Waals surface area contributed by atoms with Crippen LogP contribution in [0.4, 0.5) is 5.82 Å². The minimum Gasteiger partial charge on any atom is -0.370 e. The van der Waals surface area contributed by atoms with Crippen LogP contribution in [0.3, 0.4) is 0 Å². The Bertz CT molecular complexity index is 828. The number of rotatable bonds is 2. The molecule has 23 heavy (non-hydrogen) atoms. The molecule has 0 unspecified atom stereocenters. The summed E-state index contributed by atoms with van der Waals surface area (Å²) < 4.78 is 1.93. The third-order valence-corrected chi connectivity index (χ3v) is 4.22. The minimum absolute atomic E-state index is 0.696. The summed E-state index contributed by atoms with van der Waals surface area (Å²) in [6.45, 7) is 0.944. The van der Waals surface area contributed by atoms with Crippen molar-refractivity contribution < 1.29 is 0 Å². The number of anilines is 1. The fourth-order valence-electron chi connectivity index (χ4n) is 2.92. The summed E-state index contributed by atoms with van der Waals surface area (Å²) in [5.74, 6) is 1.03. The summed E-state index contributed by atoms with van der Waals surface area (Å²) in [6, 6.07) is 7.72. The molecule has 2 aromatic heterocycles. The lowest BCUT2D eigenvalue weighted by atomic mass is 10.1. The molecule has 0 saturated carbocycles. The molecule has 0 atom stereocenters. The van der Waals surface area contributed by atoms with Crippen molar-refractivity contribution in [3.63, 3.8) is 0 Å². The van der Waals surface area contributed by atoms with Crippen molar-refractivity contribution in [3.8, 4) is 17.1 Å². The Hall–Kier alpha value is -2.40. The van der Waals surface area contributed by atoms with Crippen LogP contribution < -0.4 is 5.32 Å². The highest BCUT2D eigenvalue weighted by Gasteiger charge is 2.22. The van der Waals surface area contributed by atoms with E-state index in [1.165, 1.54) is 5.56 Å². The van der Waals surface area contributed by atoms with E-state index in [1.807, 2.05) is 28.9 Å². The van der Waals surface area contributed by atoms with Gasteiger partial charge in [-0.1, -0.05) is 17.7 Å². The molecule has 4 rings (SSSR count). The molecule has 6 heteroatoms. The van der Waals surface area contributed by atoms with Crippen molar-refractivity contribution >= 4 is 17.4 Å². The maximum absolute atomic E-state index is 6.15. The van der Waals surface area contributed by atoms with Gasteiger partial charge in [-0.25, -0.2) is 4.68 Å². The van der Waals surface area contributed by atoms with E-state index in [-0.39, 0.29) is 0 Å². The predicted octanol–water partition coefficient (Wildman–Crippen LogP) is 3.73. The minimum atomic E-state index is 0.696. The number of aromatic nitrogens is 4. The largest absolute Gasteiger partial charge is 0.370 e. The summed E-state index contributed by atoms with van der Waals surface area (Å²) in [6.07, 6.45) is 8.39. The molecule has 0 fully saturated rings. The molecule has 1 aliphatic heterocycles. The van der Waals surface area contributed by atoms with E-state index >= 15 is 0 Å². The molecule has 3 heterocycles. The van der Waals surface area contributed by atoms with Crippen molar-refractivity contribution in [1.29, 1.82) is 0 Å². The second-order valence-corrected chi connectivity index (χ2v) is 5.98. The Kier molecular flexibility index (Phi) is 3.71. The molecule has 1 N–H and O–H groups in total. The molecule has 1 aromatic carbocycles. The second-order valence-electron chi connectivity index (χ2n) is 5.54. The number of hydrogen-bond donors (Lipinski definition) is 1. The van der Waals surface area contributed by atoms with Crippen molar-refractivity contribution in [2.24, 2.45) is 0 Å². The summed E-state index contributed by atoms with van der Waals surface area (Å²) in [5.41, 5.74) is 3.83. The smallest absolute Gasteiger partial charge is 0.133 e. The topological polar surface area (TPSA) is 55.6 Å². The van der Waals surface area contributed by atoms with Gasteiger partial charge in [-0.15, -0.1) is 0 Å². The fraction of sp³-hybridized carbons (Fsp3) is 0.235. The quantitative estimate of drug-likeness (QED) is 0.780. The highest BCUT2D eigenvalue weighted by Crippen LogP contribution is 2.33. The number of hydrogen-bond acceptors (Lipinski definition) is 4. The zero-order valence-corrected chi connectivity index (χ0v) is 13.3. The van der Waals surface area contributed by atoms with E-state index in [2.05, 4.69) is 15.3 Å². The zero-order valence-electron chi connectivity index (χ0n) is 12.5.